The molecule has 8 heteroatoms. The first-order valence-electron chi connectivity index (χ1n) is 7.65. The predicted molar refractivity (Wildman–Crippen MR) is 95.9 cm³/mol. The van der Waals surface area contributed by atoms with Crippen LogP contribution in [0.25, 0.3) is 11.3 Å². The number of aryl methyl sites for hydroxylation is 1. The van der Waals surface area contributed by atoms with Crippen LogP contribution in [0.1, 0.15) is 15.9 Å². The molecule has 0 atom stereocenters. The molecule has 0 N–H and O–H groups in total. The molecule has 0 aliphatic carbocycles. The van der Waals surface area contributed by atoms with Gasteiger partial charge in [-0.15, -0.1) is 0 Å². The fourth-order valence-corrected chi connectivity index (χ4v) is 2.63. The quantitative estimate of drug-likeness (QED) is 0.384. The molecule has 0 amide bonds. The van der Waals surface area contributed by atoms with Crippen LogP contribution in [0.2, 0.25) is 5.15 Å². The van der Waals surface area contributed by atoms with E-state index in [1.54, 1.807) is 7.05 Å². The second-order valence-electron chi connectivity index (χ2n) is 5.49. The van der Waals surface area contributed by atoms with E-state index in [2.05, 4.69) is 5.10 Å². The van der Waals surface area contributed by atoms with E-state index < -0.39 is 10.9 Å². The number of nitro groups is 1. The molecule has 0 unspecified atom stereocenters. The Morgan fingerprint density at radius 1 is 1.19 bits per heavy atom. The fourth-order valence-electron chi connectivity index (χ4n) is 2.44. The molecule has 0 radical (unpaired) electrons. The zero-order valence-electron chi connectivity index (χ0n) is 13.8. The van der Waals surface area contributed by atoms with Crippen LogP contribution in [0.4, 0.5) is 5.69 Å². The van der Waals surface area contributed by atoms with Gasteiger partial charge in [-0.25, -0.2) is 4.79 Å². The fraction of sp³-hybridized carbons (Fsp3) is 0.111. The summed E-state index contributed by atoms with van der Waals surface area (Å²) in [7, 11) is 1.70. The van der Waals surface area contributed by atoms with Crippen LogP contribution in [-0.4, -0.2) is 20.7 Å². The summed E-state index contributed by atoms with van der Waals surface area (Å²) in [6.45, 7) is -0.0628. The largest absolute Gasteiger partial charge is 0.457 e. The number of esters is 1. The van der Waals surface area contributed by atoms with Crippen molar-refractivity contribution in [3.8, 4) is 11.3 Å². The van der Waals surface area contributed by atoms with Crippen molar-refractivity contribution in [2.75, 3.05) is 0 Å². The summed E-state index contributed by atoms with van der Waals surface area (Å²) in [6, 6.07) is 14.6. The third kappa shape index (κ3) is 3.57. The molecule has 2 aromatic carbocycles. The average Bonchev–Trinajstić information content (AvgIpc) is 2.95. The number of halogens is 1. The third-order valence-corrected chi connectivity index (χ3v) is 4.25. The number of benzene rings is 2. The highest BCUT2D eigenvalue weighted by Crippen LogP contribution is 2.29. The van der Waals surface area contributed by atoms with Crippen molar-refractivity contribution < 1.29 is 14.5 Å². The summed E-state index contributed by atoms with van der Waals surface area (Å²) >= 11 is 6.28. The predicted octanol–water partition coefficient (Wildman–Crippen LogP) is 4.01. The van der Waals surface area contributed by atoms with E-state index in [4.69, 9.17) is 16.3 Å². The highest BCUT2D eigenvalue weighted by molar-refractivity contribution is 6.30. The van der Waals surface area contributed by atoms with Crippen molar-refractivity contribution >= 4 is 23.3 Å². The van der Waals surface area contributed by atoms with E-state index in [-0.39, 0.29) is 17.9 Å². The molecule has 7 nitrogen and oxygen atoms in total. The van der Waals surface area contributed by atoms with Crippen molar-refractivity contribution in [2.24, 2.45) is 7.05 Å². The minimum Gasteiger partial charge on any atom is -0.457 e. The molecule has 3 rings (SSSR count). The maximum Gasteiger partial charge on any atom is 0.338 e. The van der Waals surface area contributed by atoms with E-state index in [0.717, 1.165) is 5.56 Å². The number of nitro benzene ring substituents is 1. The van der Waals surface area contributed by atoms with Gasteiger partial charge in [0.1, 0.15) is 17.5 Å². The molecule has 26 heavy (non-hydrogen) atoms. The average molecular weight is 372 g/mol. The number of rotatable bonds is 5. The number of carbonyl (C=O) groups is 1. The molecule has 0 spiro atoms. The van der Waals surface area contributed by atoms with Crippen molar-refractivity contribution in [1.82, 2.24) is 9.78 Å². The SMILES string of the molecule is Cn1nc(-c2ccccc2)c(COC(=O)c2ccc([N+](=O)[O-])cc2)c1Cl. The molecule has 0 saturated heterocycles. The maximum atomic E-state index is 12.2. The lowest BCUT2D eigenvalue weighted by molar-refractivity contribution is -0.384. The molecule has 3 aromatic rings. The third-order valence-electron chi connectivity index (χ3n) is 3.78. The Hall–Kier alpha value is -3.19. The monoisotopic (exact) mass is 371 g/mol. The smallest absolute Gasteiger partial charge is 0.338 e. The van der Waals surface area contributed by atoms with E-state index in [0.29, 0.717) is 16.4 Å². The lowest BCUT2D eigenvalue weighted by Gasteiger charge is -2.06. The topological polar surface area (TPSA) is 87.3 Å². The summed E-state index contributed by atoms with van der Waals surface area (Å²) in [5.41, 5.74) is 2.21. The highest BCUT2D eigenvalue weighted by atomic mass is 35.5. The van der Waals surface area contributed by atoms with Crippen LogP contribution < -0.4 is 0 Å². The second-order valence-corrected chi connectivity index (χ2v) is 5.85. The minimum absolute atomic E-state index is 0.0628. The Morgan fingerprint density at radius 2 is 1.85 bits per heavy atom. The van der Waals surface area contributed by atoms with E-state index in [1.807, 2.05) is 30.3 Å². The summed E-state index contributed by atoms with van der Waals surface area (Å²) in [5.74, 6) is -0.598. The van der Waals surface area contributed by atoms with Gasteiger partial charge in [-0.05, 0) is 12.1 Å². The Morgan fingerprint density at radius 3 is 2.46 bits per heavy atom. The maximum absolute atomic E-state index is 12.2. The van der Waals surface area contributed by atoms with Gasteiger partial charge in [0.25, 0.3) is 5.69 Å². The van der Waals surface area contributed by atoms with Gasteiger partial charge < -0.3 is 4.74 Å². The van der Waals surface area contributed by atoms with Gasteiger partial charge in [-0.2, -0.15) is 5.10 Å². The van der Waals surface area contributed by atoms with Gasteiger partial charge in [0.15, 0.2) is 0 Å². The first kappa shape index (κ1) is 17.6. The van der Waals surface area contributed by atoms with E-state index >= 15 is 0 Å². The van der Waals surface area contributed by atoms with Crippen molar-refractivity contribution in [3.63, 3.8) is 0 Å². The number of non-ortho nitro benzene ring substituents is 1. The van der Waals surface area contributed by atoms with E-state index in [1.165, 1.54) is 28.9 Å². The van der Waals surface area contributed by atoms with Gasteiger partial charge in [-0.1, -0.05) is 41.9 Å². The number of hydrogen-bond donors (Lipinski definition) is 0. The number of ether oxygens (including phenoxy) is 1. The number of carbonyl (C=O) groups excluding carboxylic acids is 1. The number of hydrogen-bond acceptors (Lipinski definition) is 5. The zero-order valence-corrected chi connectivity index (χ0v) is 14.5. The summed E-state index contributed by atoms with van der Waals surface area (Å²) in [6.07, 6.45) is 0. The lowest BCUT2D eigenvalue weighted by Crippen LogP contribution is -2.06. The highest BCUT2D eigenvalue weighted by Gasteiger charge is 2.18. The molecule has 1 aromatic heterocycles. The first-order valence-corrected chi connectivity index (χ1v) is 8.03. The molecule has 132 valence electrons. The van der Waals surface area contributed by atoms with Crippen LogP contribution in [-0.2, 0) is 18.4 Å². The summed E-state index contributed by atoms with van der Waals surface area (Å²) < 4.78 is 6.84. The van der Waals surface area contributed by atoms with Crippen LogP contribution in [0, 0.1) is 10.1 Å². The lowest BCUT2D eigenvalue weighted by atomic mass is 10.1. The van der Waals surface area contributed by atoms with Crippen LogP contribution in [0.3, 0.4) is 0 Å². The molecule has 0 aliphatic rings. The number of aromatic nitrogens is 2. The Kier molecular flexibility index (Phi) is 4.99. The van der Waals surface area contributed by atoms with Crippen molar-refractivity contribution in [3.05, 3.63) is 81.0 Å². The molecular formula is C18H14ClN3O4. The molecule has 0 bridgehead atoms. The Bertz CT molecular complexity index is 953. The van der Waals surface area contributed by atoms with Crippen LogP contribution in [0.15, 0.2) is 54.6 Å². The van der Waals surface area contributed by atoms with Gasteiger partial charge in [0.2, 0.25) is 0 Å². The standard InChI is InChI=1S/C18H14ClN3O4/c1-21-17(19)15(16(20-21)12-5-3-2-4-6-12)11-26-18(23)13-7-9-14(10-8-13)22(24)25/h2-10H,11H2,1H3. The zero-order chi connectivity index (χ0) is 18.7. The molecule has 0 fully saturated rings. The van der Waals surface area contributed by atoms with Crippen molar-refractivity contribution in [2.45, 2.75) is 6.61 Å². The van der Waals surface area contributed by atoms with E-state index in [9.17, 15) is 14.9 Å². The number of nitrogens with zero attached hydrogens (tertiary/aromatic N) is 3. The first-order chi connectivity index (χ1) is 12.5. The van der Waals surface area contributed by atoms with Gasteiger partial charge in [0.05, 0.1) is 16.1 Å². The van der Waals surface area contributed by atoms with Gasteiger partial charge >= 0.3 is 5.97 Å². The Labute approximate surface area is 153 Å². The Balaban J connectivity index is 1.79. The normalized spacial score (nSPS) is 10.5. The molecule has 0 aliphatic heterocycles. The second kappa shape index (κ2) is 7.37. The van der Waals surface area contributed by atoms with Crippen LogP contribution >= 0.6 is 11.6 Å². The minimum atomic E-state index is -0.598. The van der Waals surface area contributed by atoms with Crippen molar-refractivity contribution in [1.29, 1.82) is 0 Å². The molecule has 1 heterocycles. The molecular weight excluding hydrogens is 358 g/mol. The van der Waals surface area contributed by atoms with Crippen LogP contribution in [0.5, 0.6) is 0 Å². The summed E-state index contributed by atoms with van der Waals surface area (Å²) in [4.78, 5) is 22.3. The summed E-state index contributed by atoms with van der Waals surface area (Å²) in [5, 5.41) is 15.4. The van der Waals surface area contributed by atoms with Gasteiger partial charge in [-0.3, -0.25) is 14.8 Å². The molecule has 0 saturated carbocycles. The van der Waals surface area contributed by atoms with Gasteiger partial charge in [0, 0.05) is 24.7 Å².